The zero-order valence-corrected chi connectivity index (χ0v) is 14.2. The summed E-state index contributed by atoms with van der Waals surface area (Å²) in [7, 11) is 1.58. The van der Waals surface area contributed by atoms with E-state index in [2.05, 4.69) is 5.32 Å². The highest BCUT2D eigenvalue weighted by molar-refractivity contribution is 5.91. The monoisotopic (exact) mass is 339 g/mol. The van der Waals surface area contributed by atoms with Crippen molar-refractivity contribution >= 4 is 12.0 Å². The van der Waals surface area contributed by atoms with Gasteiger partial charge in [-0.1, -0.05) is 30.3 Å². The molecule has 0 spiro atoms. The Hall–Kier alpha value is -2.95. The number of hydrogen-bond donors (Lipinski definition) is 1. The quantitative estimate of drug-likeness (QED) is 0.822. The Labute approximate surface area is 147 Å². The lowest BCUT2D eigenvalue weighted by Gasteiger charge is -2.20. The number of rotatable bonds is 6. The molecule has 2 aromatic carbocycles. The fraction of sp³-hybridized carbons (Fsp3) is 0.250. The van der Waals surface area contributed by atoms with E-state index in [1.807, 2.05) is 42.5 Å². The molecule has 130 valence electrons. The molecular formula is C20H21NO4. The minimum atomic E-state index is -0.134. The van der Waals surface area contributed by atoms with Crippen molar-refractivity contribution in [2.24, 2.45) is 0 Å². The maximum Gasteiger partial charge on any atom is 0.244 e. The number of fused-ring (bicyclic) bond motifs is 1. The largest absolute Gasteiger partial charge is 0.493 e. The van der Waals surface area contributed by atoms with Crippen molar-refractivity contribution in [1.82, 2.24) is 5.32 Å². The van der Waals surface area contributed by atoms with Gasteiger partial charge in [-0.3, -0.25) is 4.79 Å². The number of ether oxygens (including phenoxy) is 3. The third-order valence-corrected chi connectivity index (χ3v) is 3.83. The van der Waals surface area contributed by atoms with Crippen LogP contribution in [0.15, 0.2) is 48.5 Å². The van der Waals surface area contributed by atoms with E-state index < -0.39 is 0 Å². The highest BCUT2D eigenvalue weighted by Gasteiger charge is 2.17. The molecule has 25 heavy (non-hydrogen) atoms. The van der Waals surface area contributed by atoms with Crippen molar-refractivity contribution in [3.05, 3.63) is 59.7 Å². The van der Waals surface area contributed by atoms with E-state index in [1.54, 1.807) is 13.2 Å². The Morgan fingerprint density at radius 2 is 2.00 bits per heavy atom. The number of benzene rings is 2. The Balaban J connectivity index is 1.58. The van der Waals surface area contributed by atoms with Gasteiger partial charge in [0.15, 0.2) is 11.5 Å². The summed E-state index contributed by atoms with van der Waals surface area (Å²) >= 11 is 0. The van der Waals surface area contributed by atoms with Crippen LogP contribution in [0.2, 0.25) is 0 Å². The normalized spacial score (nSPS) is 12.8. The molecule has 0 fully saturated rings. The highest BCUT2D eigenvalue weighted by Crippen LogP contribution is 2.40. The zero-order valence-electron chi connectivity index (χ0n) is 14.2. The van der Waals surface area contributed by atoms with E-state index in [1.165, 1.54) is 11.6 Å². The number of methoxy groups -OCH3 is 1. The minimum Gasteiger partial charge on any atom is -0.493 e. The molecule has 0 saturated heterocycles. The number of carbonyl (C=O) groups excluding carboxylic acids is 1. The van der Waals surface area contributed by atoms with Crippen LogP contribution in [0.25, 0.3) is 6.08 Å². The molecule has 1 aliphatic heterocycles. The molecule has 1 aliphatic rings. The lowest BCUT2D eigenvalue weighted by molar-refractivity contribution is -0.116. The van der Waals surface area contributed by atoms with Gasteiger partial charge in [-0.05, 0) is 35.8 Å². The molecule has 0 aromatic heterocycles. The lowest BCUT2D eigenvalue weighted by Crippen LogP contribution is -2.23. The summed E-state index contributed by atoms with van der Waals surface area (Å²) in [6, 6.07) is 13.7. The molecule has 1 heterocycles. The number of carbonyl (C=O) groups is 1. The smallest absolute Gasteiger partial charge is 0.244 e. The van der Waals surface area contributed by atoms with Gasteiger partial charge in [0.1, 0.15) is 13.2 Å². The first kappa shape index (κ1) is 16.9. The maximum absolute atomic E-state index is 12.0. The van der Waals surface area contributed by atoms with Crippen molar-refractivity contribution in [2.75, 3.05) is 26.9 Å². The van der Waals surface area contributed by atoms with Gasteiger partial charge in [0.05, 0.1) is 7.11 Å². The van der Waals surface area contributed by atoms with Gasteiger partial charge in [-0.25, -0.2) is 0 Å². The van der Waals surface area contributed by atoms with Crippen molar-refractivity contribution in [3.63, 3.8) is 0 Å². The van der Waals surface area contributed by atoms with Crippen LogP contribution in [0, 0.1) is 0 Å². The van der Waals surface area contributed by atoms with Crippen LogP contribution in [0.3, 0.4) is 0 Å². The fourth-order valence-electron chi connectivity index (χ4n) is 2.60. The van der Waals surface area contributed by atoms with Gasteiger partial charge in [-0.15, -0.1) is 0 Å². The third-order valence-electron chi connectivity index (χ3n) is 3.83. The Morgan fingerprint density at radius 3 is 2.80 bits per heavy atom. The molecule has 0 radical (unpaired) electrons. The Bertz CT molecular complexity index is 739. The SMILES string of the molecule is COc1cc(/C=C/C(=O)NCCc2ccccc2)cc2c1OCCO2. The molecule has 5 nitrogen and oxygen atoms in total. The van der Waals surface area contributed by atoms with Crippen molar-refractivity contribution in [3.8, 4) is 17.2 Å². The average molecular weight is 339 g/mol. The van der Waals surface area contributed by atoms with Crippen LogP contribution in [0.1, 0.15) is 11.1 Å². The van der Waals surface area contributed by atoms with Crippen LogP contribution in [-0.2, 0) is 11.2 Å². The Kier molecular flexibility index (Phi) is 5.57. The summed E-state index contributed by atoms with van der Waals surface area (Å²) in [5.74, 6) is 1.71. The molecular weight excluding hydrogens is 318 g/mol. The molecule has 0 unspecified atom stereocenters. The molecule has 5 heteroatoms. The molecule has 1 amide bonds. The summed E-state index contributed by atoms with van der Waals surface area (Å²) < 4.78 is 16.5. The minimum absolute atomic E-state index is 0.134. The number of nitrogens with one attached hydrogen (secondary N) is 1. The van der Waals surface area contributed by atoms with E-state index in [4.69, 9.17) is 14.2 Å². The highest BCUT2D eigenvalue weighted by atomic mass is 16.6. The fourth-order valence-corrected chi connectivity index (χ4v) is 2.60. The predicted octanol–water partition coefficient (Wildman–Crippen LogP) is 2.84. The summed E-state index contributed by atoms with van der Waals surface area (Å²) in [5, 5.41) is 2.88. The first-order valence-corrected chi connectivity index (χ1v) is 8.24. The third kappa shape index (κ3) is 4.53. The second-order valence-corrected chi connectivity index (χ2v) is 5.61. The van der Waals surface area contributed by atoms with Crippen LogP contribution in [0.5, 0.6) is 17.2 Å². The molecule has 0 atom stereocenters. The van der Waals surface area contributed by atoms with Gasteiger partial charge in [0.2, 0.25) is 11.7 Å². The predicted molar refractivity (Wildman–Crippen MR) is 96.2 cm³/mol. The summed E-state index contributed by atoms with van der Waals surface area (Å²) in [6.45, 7) is 1.60. The molecule has 2 aromatic rings. The van der Waals surface area contributed by atoms with Crippen LogP contribution < -0.4 is 19.5 Å². The van der Waals surface area contributed by atoms with E-state index >= 15 is 0 Å². The maximum atomic E-state index is 12.0. The summed E-state index contributed by atoms with van der Waals surface area (Å²) in [5.41, 5.74) is 2.02. The molecule has 3 rings (SSSR count). The lowest BCUT2D eigenvalue weighted by atomic mass is 10.1. The van der Waals surface area contributed by atoms with Gasteiger partial charge in [0.25, 0.3) is 0 Å². The van der Waals surface area contributed by atoms with Crippen LogP contribution >= 0.6 is 0 Å². The second kappa shape index (κ2) is 8.24. The topological polar surface area (TPSA) is 56.8 Å². The number of amides is 1. The van der Waals surface area contributed by atoms with E-state index in [0.717, 1.165) is 12.0 Å². The Morgan fingerprint density at radius 1 is 1.20 bits per heavy atom. The first-order valence-electron chi connectivity index (χ1n) is 8.24. The zero-order chi connectivity index (χ0) is 17.5. The molecule has 0 bridgehead atoms. The molecule has 1 N–H and O–H groups in total. The summed E-state index contributed by atoms with van der Waals surface area (Å²) in [6.07, 6.45) is 4.05. The van der Waals surface area contributed by atoms with Crippen LogP contribution in [-0.4, -0.2) is 32.8 Å². The van der Waals surface area contributed by atoms with Gasteiger partial charge in [0, 0.05) is 12.6 Å². The number of hydrogen-bond acceptors (Lipinski definition) is 4. The first-order chi connectivity index (χ1) is 12.3. The van der Waals surface area contributed by atoms with Gasteiger partial charge in [-0.2, -0.15) is 0 Å². The van der Waals surface area contributed by atoms with Gasteiger partial charge < -0.3 is 19.5 Å². The van der Waals surface area contributed by atoms with Crippen molar-refractivity contribution < 1.29 is 19.0 Å². The van der Waals surface area contributed by atoms with E-state index in [0.29, 0.717) is 37.0 Å². The van der Waals surface area contributed by atoms with Crippen molar-refractivity contribution in [1.29, 1.82) is 0 Å². The van der Waals surface area contributed by atoms with Crippen molar-refractivity contribution in [2.45, 2.75) is 6.42 Å². The van der Waals surface area contributed by atoms with E-state index in [-0.39, 0.29) is 5.91 Å². The molecule has 0 saturated carbocycles. The van der Waals surface area contributed by atoms with E-state index in [9.17, 15) is 4.79 Å². The molecule has 0 aliphatic carbocycles. The van der Waals surface area contributed by atoms with Crippen LogP contribution in [0.4, 0.5) is 0 Å². The van der Waals surface area contributed by atoms with Gasteiger partial charge >= 0.3 is 0 Å². The standard InChI is InChI=1S/C20H21NO4/c1-23-17-13-16(14-18-20(17)25-12-11-24-18)7-8-19(22)21-10-9-15-5-3-2-4-6-15/h2-8,13-14H,9-12H2,1H3,(H,21,22)/b8-7+. The summed E-state index contributed by atoms with van der Waals surface area (Å²) in [4.78, 5) is 12.0. The second-order valence-electron chi connectivity index (χ2n) is 5.61. The average Bonchev–Trinajstić information content (AvgIpc) is 2.66.